The van der Waals surface area contributed by atoms with Gasteiger partial charge in [-0.1, -0.05) is 11.6 Å². The van der Waals surface area contributed by atoms with Crippen molar-refractivity contribution in [2.24, 2.45) is 0 Å². The molecule has 1 saturated heterocycles. The van der Waals surface area contributed by atoms with Crippen molar-refractivity contribution in [1.82, 2.24) is 4.90 Å². The number of halogens is 1. The van der Waals surface area contributed by atoms with E-state index in [1.807, 2.05) is 0 Å². The molecule has 9 nitrogen and oxygen atoms in total. The van der Waals surface area contributed by atoms with Crippen LogP contribution in [0.1, 0.15) is 16.8 Å². The summed E-state index contributed by atoms with van der Waals surface area (Å²) in [5, 5.41) is 11.1. The van der Waals surface area contributed by atoms with Gasteiger partial charge in [0.05, 0.1) is 16.4 Å². The van der Waals surface area contributed by atoms with Crippen LogP contribution in [0.3, 0.4) is 0 Å². The average molecular weight is 391 g/mol. The van der Waals surface area contributed by atoms with Gasteiger partial charge < -0.3 is 9.64 Å². The summed E-state index contributed by atoms with van der Waals surface area (Å²) >= 11 is 5.66. The zero-order valence-corrected chi connectivity index (χ0v) is 14.7. The summed E-state index contributed by atoms with van der Waals surface area (Å²) in [4.78, 5) is 35.5. The molecule has 1 heterocycles. The Hall–Kier alpha value is -2.20. The summed E-state index contributed by atoms with van der Waals surface area (Å²) in [6.45, 7) is -0.647. The van der Waals surface area contributed by atoms with Crippen LogP contribution in [-0.2, 0) is 19.4 Å². The first-order chi connectivity index (χ1) is 11.6. The maximum atomic E-state index is 12.0. The number of sulfone groups is 1. The lowest BCUT2D eigenvalue weighted by atomic mass is 10.2. The third-order valence-corrected chi connectivity index (χ3v) is 5.84. The maximum Gasteiger partial charge on any atom is 0.345 e. The Labute approximate surface area is 148 Å². The van der Waals surface area contributed by atoms with Crippen LogP contribution in [0.4, 0.5) is 5.69 Å². The van der Waals surface area contributed by atoms with E-state index in [1.165, 1.54) is 18.0 Å². The van der Waals surface area contributed by atoms with Crippen molar-refractivity contribution in [3.63, 3.8) is 0 Å². The molecule has 1 aliphatic heterocycles. The Morgan fingerprint density at radius 1 is 1.44 bits per heavy atom. The lowest BCUT2D eigenvalue weighted by Gasteiger charge is -2.23. The number of carbonyl (C=O) groups is 2. The molecule has 1 fully saturated rings. The monoisotopic (exact) mass is 390 g/mol. The topological polar surface area (TPSA) is 124 Å². The van der Waals surface area contributed by atoms with Crippen LogP contribution in [0.5, 0.6) is 0 Å². The van der Waals surface area contributed by atoms with Crippen molar-refractivity contribution >= 4 is 39.0 Å². The van der Waals surface area contributed by atoms with Crippen LogP contribution >= 0.6 is 11.6 Å². The quantitative estimate of drug-likeness (QED) is 0.418. The van der Waals surface area contributed by atoms with Crippen LogP contribution < -0.4 is 0 Å². The fourth-order valence-corrected chi connectivity index (χ4v) is 4.36. The number of hydrogen-bond acceptors (Lipinski definition) is 7. The van der Waals surface area contributed by atoms with Crippen molar-refractivity contribution in [2.75, 3.05) is 25.2 Å². The number of benzene rings is 1. The highest BCUT2D eigenvalue weighted by Crippen LogP contribution is 2.24. The number of nitrogens with zero attached hydrogens (tertiary/aromatic N) is 2. The van der Waals surface area contributed by atoms with E-state index in [4.69, 9.17) is 16.3 Å². The molecular formula is C14H15ClN2O7S. The van der Waals surface area contributed by atoms with Crippen molar-refractivity contribution in [2.45, 2.75) is 12.5 Å². The molecule has 0 N–H and O–H groups in total. The van der Waals surface area contributed by atoms with Gasteiger partial charge in [-0.3, -0.25) is 14.9 Å². The van der Waals surface area contributed by atoms with E-state index < -0.39 is 45.0 Å². The fraction of sp³-hybridized carbons (Fsp3) is 0.429. The van der Waals surface area contributed by atoms with Gasteiger partial charge in [0.2, 0.25) is 0 Å². The zero-order chi connectivity index (χ0) is 18.8. The van der Waals surface area contributed by atoms with Crippen molar-refractivity contribution < 1.29 is 27.7 Å². The lowest BCUT2D eigenvalue weighted by Crippen LogP contribution is -2.40. The molecule has 1 amide bonds. The normalized spacial score (nSPS) is 18.6. The van der Waals surface area contributed by atoms with Crippen LogP contribution in [0.25, 0.3) is 0 Å². The van der Waals surface area contributed by atoms with Gasteiger partial charge in [0.1, 0.15) is 5.56 Å². The van der Waals surface area contributed by atoms with E-state index in [0.29, 0.717) is 6.42 Å². The molecule has 0 aliphatic carbocycles. The third kappa shape index (κ3) is 4.67. The highest BCUT2D eigenvalue weighted by atomic mass is 35.5. The molecule has 0 spiro atoms. The number of amides is 1. The van der Waals surface area contributed by atoms with E-state index in [2.05, 4.69) is 0 Å². The van der Waals surface area contributed by atoms with E-state index in [-0.39, 0.29) is 22.1 Å². The highest BCUT2D eigenvalue weighted by molar-refractivity contribution is 7.91. The average Bonchev–Trinajstić information content (AvgIpc) is 2.91. The van der Waals surface area contributed by atoms with Crippen LogP contribution in [0, 0.1) is 10.1 Å². The lowest BCUT2D eigenvalue weighted by molar-refractivity contribution is -0.385. The van der Waals surface area contributed by atoms with Crippen LogP contribution in [0.2, 0.25) is 5.02 Å². The molecule has 0 aromatic heterocycles. The Bertz CT molecular complexity index is 824. The summed E-state index contributed by atoms with van der Waals surface area (Å²) < 4.78 is 27.7. The zero-order valence-electron chi connectivity index (χ0n) is 13.2. The predicted molar refractivity (Wildman–Crippen MR) is 88.2 cm³/mol. The van der Waals surface area contributed by atoms with Gasteiger partial charge in [-0.2, -0.15) is 0 Å². The molecule has 136 valence electrons. The first kappa shape index (κ1) is 19.1. The molecule has 0 saturated carbocycles. The van der Waals surface area contributed by atoms with Gasteiger partial charge in [0.25, 0.3) is 11.6 Å². The van der Waals surface area contributed by atoms with E-state index in [1.54, 1.807) is 0 Å². The second-order valence-corrected chi connectivity index (χ2v) is 8.22. The molecule has 11 heteroatoms. The van der Waals surface area contributed by atoms with Crippen LogP contribution in [0.15, 0.2) is 18.2 Å². The van der Waals surface area contributed by atoms with Gasteiger partial charge >= 0.3 is 5.97 Å². The predicted octanol–water partition coefficient (Wildman–Crippen LogP) is 1.05. The number of hydrogen-bond donors (Lipinski definition) is 0. The molecule has 1 aliphatic rings. The molecule has 1 aromatic rings. The SMILES string of the molecule is CN(C(=O)COC(=O)c1ccc(Cl)cc1[N+](=O)[O-])C1CCS(=O)(=O)C1. The molecule has 2 rings (SSSR count). The number of nitro benzene ring substituents is 1. The Morgan fingerprint density at radius 2 is 2.12 bits per heavy atom. The van der Waals surface area contributed by atoms with E-state index in [0.717, 1.165) is 12.1 Å². The Kier molecular flexibility index (Phi) is 5.63. The van der Waals surface area contributed by atoms with Gasteiger partial charge in [0.15, 0.2) is 16.4 Å². The largest absolute Gasteiger partial charge is 0.452 e. The smallest absolute Gasteiger partial charge is 0.345 e. The highest BCUT2D eigenvalue weighted by Gasteiger charge is 2.33. The molecule has 1 unspecified atom stereocenters. The van der Waals surface area contributed by atoms with Crippen molar-refractivity contribution in [3.8, 4) is 0 Å². The summed E-state index contributed by atoms with van der Waals surface area (Å²) in [6, 6.07) is 2.97. The number of esters is 1. The Morgan fingerprint density at radius 3 is 2.68 bits per heavy atom. The van der Waals surface area contributed by atoms with Gasteiger partial charge in [0, 0.05) is 24.2 Å². The van der Waals surface area contributed by atoms with Gasteiger partial charge in [-0.15, -0.1) is 0 Å². The Balaban J connectivity index is 2.00. The summed E-state index contributed by atoms with van der Waals surface area (Å²) in [5.74, 6) is -1.76. The number of rotatable bonds is 5. The number of carbonyl (C=O) groups excluding carboxylic acids is 2. The maximum absolute atomic E-state index is 12.0. The molecule has 1 atom stereocenters. The van der Waals surface area contributed by atoms with Crippen LogP contribution in [-0.4, -0.2) is 61.3 Å². The van der Waals surface area contributed by atoms with Gasteiger partial charge in [-0.25, -0.2) is 13.2 Å². The fourth-order valence-electron chi connectivity index (χ4n) is 2.42. The minimum Gasteiger partial charge on any atom is -0.452 e. The number of nitro groups is 1. The van der Waals surface area contributed by atoms with Crippen molar-refractivity contribution in [1.29, 1.82) is 0 Å². The standard InChI is InChI=1S/C14H15ClN2O7S/c1-16(10-4-5-25(22,23)8-10)13(18)7-24-14(19)11-3-2-9(15)6-12(11)17(20)21/h2-3,6,10H,4-5,7-8H2,1H3. The second-order valence-electron chi connectivity index (χ2n) is 5.56. The van der Waals surface area contributed by atoms with Gasteiger partial charge in [-0.05, 0) is 18.6 Å². The van der Waals surface area contributed by atoms with Crippen molar-refractivity contribution in [3.05, 3.63) is 38.9 Å². The molecule has 1 aromatic carbocycles. The molecule has 0 radical (unpaired) electrons. The van der Waals surface area contributed by atoms with E-state index in [9.17, 15) is 28.1 Å². The minimum absolute atomic E-state index is 0.00600. The van der Waals surface area contributed by atoms with E-state index >= 15 is 0 Å². The molecule has 25 heavy (non-hydrogen) atoms. The molecular weight excluding hydrogens is 376 g/mol. The second kappa shape index (κ2) is 7.36. The number of ether oxygens (including phenoxy) is 1. The third-order valence-electron chi connectivity index (χ3n) is 3.85. The molecule has 0 bridgehead atoms. The first-order valence-corrected chi connectivity index (χ1v) is 9.38. The first-order valence-electron chi connectivity index (χ1n) is 7.18. The summed E-state index contributed by atoms with van der Waals surface area (Å²) in [6.07, 6.45) is 0.321. The number of likely N-dealkylation sites (N-methyl/N-ethyl adjacent to an activating group) is 1. The summed E-state index contributed by atoms with van der Waals surface area (Å²) in [5.41, 5.74) is -0.853. The minimum atomic E-state index is -3.16. The summed E-state index contributed by atoms with van der Waals surface area (Å²) in [7, 11) is -1.73.